The molecule has 2 aliphatic rings. The molecule has 2 nitrogen and oxygen atoms in total. The van der Waals surface area contributed by atoms with E-state index in [2.05, 4.69) is 9.80 Å². The van der Waals surface area contributed by atoms with Gasteiger partial charge in [-0.25, -0.2) is 8.78 Å². The first-order valence-corrected chi connectivity index (χ1v) is 8.13. The highest BCUT2D eigenvalue weighted by Crippen LogP contribution is 2.23. The first-order valence-electron chi connectivity index (χ1n) is 8.13. The van der Waals surface area contributed by atoms with Crippen LogP contribution >= 0.6 is 0 Å². The van der Waals surface area contributed by atoms with Gasteiger partial charge in [-0.2, -0.15) is 0 Å². The quantitative estimate of drug-likeness (QED) is 0.839. The molecule has 3 rings (SSSR count). The molecule has 2 heterocycles. The molecule has 4 heteroatoms. The maximum Gasteiger partial charge on any atom is 0.163 e. The maximum absolute atomic E-state index is 13.8. The van der Waals surface area contributed by atoms with Gasteiger partial charge in [-0.3, -0.25) is 4.90 Å². The van der Waals surface area contributed by atoms with Crippen LogP contribution in [0.3, 0.4) is 0 Å². The molecule has 0 spiro atoms. The Labute approximate surface area is 125 Å². The molecule has 0 saturated carbocycles. The number of benzene rings is 1. The first kappa shape index (κ1) is 14.9. The van der Waals surface area contributed by atoms with Crippen LogP contribution in [0.2, 0.25) is 0 Å². The second kappa shape index (κ2) is 6.84. The van der Waals surface area contributed by atoms with Crippen LogP contribution in [-0.2, 0) is 6.54 Å². The fourth-order valence-corrected chi connectivity index (χ4v) is 3.64. The Morgan fingerprint density at radius 2 is 1.81 bits per heavy atom. The van der Waals surface area contributed by atoms with Crippen molar-refractivity contribution in [2.75, 3.05) is 26.2 Å². The molecule has 0 aliphatic carbocycles. The molecule has 0 aromatic heterocycles. The van der Waals surface area contributed by atoms with Gasteiger partial charge in [-0.15, -0.1) is 0 Å². The van der Waals surface area contributed by atoms with Crippen molar-refractivity contribution in [3.05, 3.63) is 35.4 Å². The summed E-state index contributed by atoms with van der Waals surface area (Å²) in [6.07, 6.45) is 6.28. The third kappa shape index (κ3) is 3.61. The smallest absolute Gasteiger partial charge is 0.163 e. The number of hydrogen-bond donors (Lipinski definition) is 0. The van der Waals surface area contributed by atoms with E-state index in [1.807, 2.05) is 0 Å². The average molecular weight is 294 g/mol. The molecule has 1 unspecified atom stereocenters. The van der Waals surface area contributed by atoms with E-state index >= 15 is 0 Å². The number of hydrogen-bond acceptors (Lipinski definition) is 2. The predicted octanol–water partition coefficient (Wildman–Crippen LogP) is 3.42. The van der Waals surface area contributed by atoms with Gasteiger partial charge in [0.2, 0.25) is 0 Å². The molecule has 2 aliphatic heterocycles. The molecular formula is C17H24F2N2. The second-order valence-corrected chi connectivity index (χ2v) is 6.34. The third-order valence-electron chi connectivity index (χ3n) is 4.82. The highest BCUT2D eigenvalue weighted by atomic mass is 19.2. The van der Waals surface area contributed by atoms with Gasteiger partial charge in [-0.1, -0.05) is 18.6 Å². The van der Waals surface area contributed by atoms with Crippen molar-refractivity contribution < 1.29 is 8.78 Å². The van der Waals surface area contributed by atoms with Crippen LogP contribution in [0.4, 0.5) is 8.78 Å². The van der Waals surface area contributed by atoms with Gasteiger partial charge in [0.1, 0.15) is 0 Å². The molecule has 2 fully saturated rings. The van der Waals surface area contributed by atoms with Gasteiger partial charge >= 0.3 is 0 Å². The van der Waals surface area contributed by atoms with Gasteiger partial charge in [0.25, 0.3) is 0 Å². The van der Waals surface area contributed by atoms with E-state index in [9.17, 15) is 8.78 Å². The Bertz CT molecular complexity index is 472. The maximum atomic E-state index is 13.8. The molecule has 0 radical (unpaired) electrons. The summed E-state index contributed by atoms with van der Waals surface area (Å²) in [4.78, 5) is 4.86. The lowest BCUT2D eigenvalue weighted by atomic mass is 10.1. The van der Waals surface area contributed by atoms with Crippen molar-refractivity contribution in [2.45, 2.75) is 44.7 Å². The summed E-state index contributed by atoms with van der Waals surface area (Å²) in [6.45, 7) is 4.99. The van der Waals surface area contributed by atoms with Gasteiger partial charge in [0.05, 0.1) is 0 Å². The Morgan fingerprint density at radius 3 is 2.62 bits per heavy atom. The largest absolute Gasteiger partial charge is 0.302 e. The SMILES string of the molecule is Fc1cccc(CN2CCCC2CN2CCCCC2)c1F. The van der Waals surface area contributed by atoms with Gasteiger partial charge in [0, 0.05) is 24.7 Å². The topological polar surface area (TPSA) is 6.48 Å². The Morgan fingerprint density at radius 1 is 1.00 bits per heavy atom. The molecule has 1 aromatic rings. The van der Waals surface area contributed by atoms with Crippen molar-refractivity contribution in [1.82, 2.24) is 9.80 Å². The van der Waals surface area contributed by atoms with E-state index < -0.39 is 11.6 Å². The summed E-state index contributed by atoms with van der Waals surface area (Å²) in [5.74, 6) is -1.42. The lowest BCUT2D eigenvalue weighted by Gasteiger charge is -2.33. The number of halogens is 2. The number of piperidine rings is 1. The van der Waals surface area contributed by atoms with Gasteiger partial charge in [0.15, 0.2) is 11.6 Å². The van der Waals surface area contributed by atoms with E-state index in [4.69, 9.17) is 0 Å². The summed E-state index contributed by atoms with van der Waals surface area (Å²) >= 11 is 0. The number of rotatable bonds is 4. The lowest BCUT2D eigenvalue weighted by Crippen LogP contribution is -2.42. The highest BCUT2D eigenvalue weighted by molar-refractivity contribution is 5.19. The highest BCUT2D eigenvalue weighted by Gasteiger charge is 2.27. The number of nitrogens with zero attached hydrogens (tertiary/aromatic N) is 2. The van der Waals surface area contributed by atoms with Crippen molar-refractivity contribution in [2.24, 2.45) is 0 Å². The molecule has 2 saturated heterocycles. The molecule has 116 valence electrons. The molecule has 1 aromatic carbocycles. The van der Waals surface area contributed by atoms with Crippen LogP contribution < -0.4 is 0 Å². The monoisotopic (exact) mass is 294 g/mol. The zero-order chi connectivity index (χ0) is 14.7. The van der Waals surface area contributed by atoms with Crippen molar-refractivity contribution >= 4 is 0 Å². The van der Waals surface area contributed by atoms with Gasteiger partial charge < -0.3 is 4.90 Å². The zero-order valence-electron chi connectivity index (χ0n) is 12.5. The molecule has 0 bridgehead atoms. The summed E-state index contributed by atoms with van der Waals surface area (Å²) in [7, 11) is 0. The minimum Gasteiger partial charge on any atom is -0.302 e. The molecule has 21 heavy (non-hydrogen) atoms. The van der Waals surface area contributed by atoms with E-state index in [-0.39, 0.29) is 0 Å². The average Bonchev–Trinajstić information content (AvgIpc) is 2.92. The molecule has 0 N–H and O–H groups in total. The Hall–Kier alpha value is -1.00. The first-order chi connectivity index (χ1) is 10.2. The number of likely N-dealkylation sites (tertiary alicyclic amines) is 2. The van der Waals surface area contributed by atoms with E-state index in [1.165, 1.54) is 44.8 Å². The van der Waals surface area contributed by atoms with Crippen LogP contribution in [0.15, 0.2) is 18.2 Å². The molecule has 1 atom stereocenters. The molecule has 0 amide bonds. The van der Waals surface area contributed by atoms with E-state index in [1.54, 1.807) is 12.1 Å². The fourth-order valence-electron chi connectivity index (χ4n) is 3.64. The van der Waals surface area contributed by atoms with Crippen LogP contribution in [0.5, 0.6) is 0 Å². The van der Waals surface area contributed by atoms with Crippen molar-refractivity contribution in [1.29, 1.82) is 0 Å². The Balaban J connectivity index is 1.62. The summed E-state index contributed by atoms with van der Waals surface area (Å²) in [6, 6.07) is 4.98. The molecular weight excluding hydrogens is 270 g/mol. The second-order valence-electron chi connectivity index (χ2n) is 6.34. The standard InChI is InChI=1S/C17H24F2N2/c18-16-8-4-6-14(17(16)19)12-21-11-5-7-15(21)13-20-9-2-1-3-10-20/h4,6,8,15H,1-3,5,7,9-13H2. The minimum absolute atomic E-state index is 0.487. The lowest BCUT2D eigenvalue weighted by molar-refractivity contribution is 0.148. The van der Waals surface area contributed by atoms with Crippen LogP contribution in [0.1, 0.15) is 37.7 Å². The zero-order valence-corrected chi connectivity index (χ0v) is 12.5. The predicted molar refractivity (Wildman–Crippen MR) is 80.1 cm³/mol. The third-order valence-corrected chi connectivity index (χ3v) is 4.82. The van der Waals surface area contributed by atoms with Crippen LogP contribution in [-0.4, -0.2) is 42.0 Å². The van der Waals surface area contributed by atoms with E-state index in [0.717, 1.165) is 19.5 Å². The normalized spacial score (nSPS) is 24.6. The van der Waals surface area contributed by atoms with Crippen molar-refractivity contribution in [3.63, 3.8) is 0 Å². The van der Waals surface area contributed by atoms with Crippen LogP contribution in [0.25, 0.3) is 0 Å². The fraction of sp³-hybridized carbons (Fsp3) is 0.647. The summed E-state index contributed by atoms with van der Waals surface area (Å²) in [5, 5.41) is 0. The van der Waals surface area contributed by atoms with Crippen molar-refractivity contribution in [3.8, 4) is 0 Å². The van der Waals surface area contributed by atoms with Crippen LogP contribution in [0, 0.1) is 11.6 Å². The van der Waals surface area contributed by atoms with E-state index in [0.29, 0.717) is 18.2 Å². The summed E-state index contributed by atoms with van der Waals surface area (Å²) < 4.78 is 27.1. The Kier molecular flexibility index (Phi) is 4.86. The minimum atomic E-state index is -0.737. The van der Waals surface area contributed by atoms with Gasteiger partial charge in [-0.05, 0) is 51.4 Å². The summed E-state index contributed by atoms with van der Waals surface area (Å²) in [5.41, 5.74) is 0.487.